The van der Waals surface area contributed by atoms with Crippen LogP contribution in [-0.2, 0) is 11.2 Å². The number of para-hydroxylation sites is 2. The van der Waals surface area contributed by atoms with E-state index in [-0.39, 0.29) is 5.91 Å². The SMILES string of the molecule is Cc1ccccc1N1CC[NH+](CC(=O)Nc2ccccc2Cc2ccccc2)CC1. The van der Waals surface area contributed by atoms with Crippen molar-refractivity contribution in [3.63, 3.8) is 0 Å². The zero-order valence-corrected chi connectivity index (χ0v) is 17.6. The summed E-state index contributed by atoms with van der Waals surface area (Å²) in [7, 11) is 0. The molecule has 0 saturated carbocycles. The zero-order chi connectivity index (χ0) is 20.8. The molecular formula is C26H30N3O+. The number of quaternary nitrogens is 1. The second-order valence-corrected chi connectivity index (χ2v) is 8.07. The fraction of sp³-hybridized carbons (Fsp3) is 0.269. The number of anilines is 2. The van der Waals surface area contributed by atoms with Crippen molar-refractivity contribution in [3.05, 3.63) is 95.6 Å². The first-order chi connectivity index (χ1) is 14.7. The summed E-state index contributed by atoms with van der Waals surface area (Å²) in [5, 5.41) is 3.16. The molecule has 0 spiro atoms. The Bertz CT molecular complexity index is 978. The van der Waals surface area contributed by atoms with Gasteiger partial charge in [0.25, 0.3) is 5.91 Å². The molecule has 3 aromatic rings. The Morgan fingerprint density at radius 3 is 2.33 bits per heavy atom. The van der Waals surface area contributed by atoms with Gasteiger partial charge in [-0.2, -0.15) is 0 Å². The van der Waals surface area contributed by atoms with Crippen molar-refractivity contribution in [3.8, 4) is 0 Å². The molecule has 0 bridgehead atoms. The van der Waals surface area contributed by atoms with Crippen molar-refractivity contribution >= 4 is 17.3 Å². The highest BCUT2D eigenvalue weighted by atomic mass is 16.2. The van der Waals surface area contributed by atoms with Crippen LogP contribution >= 0.6 is 0 Å². The number of aryl methyl sites for hydroxylation is 1. The van der Waals surface area contributed by atoms with E-state index in [0.29, 0.717) is 6.54 Å². The largest absolute Gasteiger partial charge is 0.360 e. The Labute approximate surface area is 179 Å². The number of amides is 1. The van der Waals surface area contributed by atoms with E-state index >= 15 is 0 Å². The molecule has 1 heterocycles. The second kappa shape index (κ2) is 9.59. The summed E-state index contributed by atoms with van der Waals surface area (Å²) in [6.07, 6.45) is 0.819. The van der Waals surface area contributed by atoms with Crippen LogP contribution in [0.2, 0.25) is 0 Å². The third-order valence-electron chi connectivity index (χ3n) is 5.87. The molecule has 0 radical (unpaired) electrons. The van der Waals surface area contributed by atoms with E-state index in [1.807, 2.05) is 24.3 Å². The van der Waals surface area contributed by atoms with Gasteiger partial charge in [-0.3, -0.25) is 4.79 Å². The van der Waals surface area contributed by atoms with Crippen LogP contribution < -0.4 is 15.1 Å². The molecule has 4 heteroatoms. The van der Waals surface area contributed by atoms with Gasteiger partial charge in [-0.05, 0) is 42.2 Å². The van der Waals surface area contributed by atoms with Gasteiger partial charge in [0.15, 0.2) is 6.54 Å². The van der Waals surface area contributed by atoms with E-state index in [4.69, 9.17) is 0 Å². The predicted octanol–water partition coefficient (Wildman–Crippen LogP) is 2.93. The van der Waals surface area contributed by atoms with E-state index in [0.717, 1.165) is 43.9 Å². The highest BCUT2D eigenvalue weighted by Gasteiger charge is 2.23. The number of benzene rings is 3. The Hall–Kier alpha value is -3.11. The first-order valence-electron chi connectivity index (χ1n) is 10.7. The third-order valence-corrected chi connectivity index (χ3v) is 5.87. The summed E-state index contributed by atoms with van der Waals surface area (Å²) < 4.78 is 0. The molecule has 1 aliphatic rings. The first kappa shape index (κ1) is 20.2. The Kier molecular flexibility index (Phi) is 6.45. The third kappa shape index (κ3) is 5.08. The number of nitrogens with zero attached hydrogens (tertiary/aromatic N) is 1. The van der Waals surface area contributed by atoms with Crippen molar-refractivity contribution in [1.29, 1.82) is 0 Å². The van der Waals surface area contributed by atoms with Gasteiger partial charge < -0.3 is 15.1 Å². The van der Waals surface area contributed by atoms with Crippen LogP contribution in [0.4, 0.5) is 11.4 Å². The Balaban J connectivity index is 1.32. The van der Waals surface area contributed by atoms with Gasteiger partial charge >= 0.3 is 0 Å². The molecule has 1 fully saturated rings. The lowest BCUT2D eigenvalue weighted by atomic mass is 10.0. The number of carbonyl (C=O) groups excluding carboxylic acids is 1. The molecular weight excluding hydrogens is 370 g/mol. The van der Waals surface area contributed by atoms with Gasteiger partial charge in [0.2, 0.25) is 0 Å². The van der Waals surface area contributed by atoms with Crippen LogP contribution in [0.1, 0.15) is 16.7 Å². The van der Waals surface area contributed by atoms with Crippen molar-refractivity contribution in [1.82, 2.24) is 0 Å². The minimum absolute atomic E-state index is 0.0925. The van der Waals surface area contributed by atoms with Crippen LogP contribution in [0.25, 0.3) is 0 Å². The average Bonchev–Trinajstić information content (AvgIpc) is 2.77. The predicted molar refractivity (Wildman–Crippen MR) is 123 cm³/mol. The van der Waals surface area contributed by atoms with E-state index in [2.05, 4.69) is 71.7 Å². The fourth-order valence-electron chi connectivity index (χ4n) is 4.19. The number of carbonyl (C=O) groups is 1. The molecule has 0 atom stereocenters. The van der Waals surface area contributed by atoms with Crippen LogP contribution in [0, 0.1) is 6.92 Å². The average molecular weight is 401 g/mol. The van der Waals surface area contributed by atoms with Crippen LogP contribution in [-0.4, -0.2) is 38.6 Å². The number of rotatable bonds is 6. The van der Waals surface area contributed by atoms with Crippen LogP contribution in [0.5, 0.6) is 0 Å². The van der Waals surface area contributed by atoms with Gasteiger partial charge in [-0.25, -0.2) is 0 Å². The number of nitrogens with one attached hydrogen (secondary N) is 2. The zero-order valence-electron chi connectivity index (χ0n) is 17.6. The maximum Gasteiger partial charge on any atom is 0.279 e. The fourth-order valence-corrected chi connectivity index (χ4v) is 4.19. The monoisotopic (exact) mass is 400 g/mol. The standard InChI is InChI=1S/C26H29N3O/c1-21-9-5-8-14-25(21)29-17-15-28(16-18-29)20-26(30)27-24-13-7-6-12-23(24)19-22-10-3-2-4-11-22/h2-14H,15-20H2,1H3,(H,27,30)/p+1. The van der Waals surface area contributed by atoms with Crippen LogP contribution in [0.15, 0.2) is 78.9 Å². The van der Waals surface area contributed by atoms with E-state index < -0.39 is 0 Å². The van der Waals surface area contributed by atoms with Crippen molar-refractivity contribution in [2.45, 2.75) is 13.3 Å². The second-order valence-electron chi connectivity index (χ2n) is 8.07. The normalized spacial score (nSPS) is 14.5. The molecule has 1 aliphatic heterocycles. The molecule has 30 heavy (non-hydrogen) atoms. The topological polar surface area (TPSA) is 36.8 Å². The minimum atomic E-state index is 0.0925. The number of hydrogen-bond acceptors (Lipinski definition) is 2. The maximum absolute atomic E-state index is 12.7. The molecule has 1 saturated heterocycles. The summed E-state index contributed by atoms with van der Waals surface area (Å²) in [6.45, 7) is 6.60. The lowest BCUT2D eigenvalue weighted by molar-refractivity contribution is -0.892. The number of hydrogen-bond donors (Lipinski definition) is 2. The van der Waals surface area contributed by atoms with E-state index in [9.17, 15) is 4.79 Å². The molecule has 2 N–H and O–H groups in total. The molecule has 154 valence electrons. The molecule has 0 aromatic heterocycles. The minimum Gasteiger partial charge on any atom is -0.360 e. The van der Waals surface area contributed by atoms with Crippen molar-refractivity contribution < 1.29 is 9.69 Å². The maximum atomic E-state index is 12.7. The molecule has 0 unspecified atom stereocenters. The summed E-state index contributed by atoms with van der Waals surface area (Å²) >= 11 is 0. The Morgan fingerprint density at radius 1 is 0.900 bits per heavy atom. The lowest BCUT2D eigenvalue weighted by Crippen LogP contribution is -3.15. The summed E-state index contributed by atoms with van der Waals surface area (Å²) in [4.78, 5) is 16.5. The molecule has 3 aromatic carbocycles. The first-order valence-corrected chi connectivity index (χ1v) is 10.7. The highest BCUT2D eigenvalue weighted by molar-refractivity contribution is 5.92. The molecule has 4 nitrogen and oxygen atoms in total. The highest BCUT2D eigenvalue weighted by Crippen LogP contribution is 2.20. The molecule has 4 rings (SSSR count). The number of piperazine rings is 1. The smallest absolute Gasteiger partial charge is 0.279 e. The van der Waals surface area contributed by atoms with Gasteiger partial charge in [0.1, 0.15) is 0 Å². The van der Waals surface area contributed by atoms with E-state index in [1.165, 1.54) is 21.7 Å². The van der Waals surface area contributed by atoms with E-state index in [1.54, 1.807) is 0 Å². The van der Waals surface area contributed by atoms with Crippen molar-refractivity contribution in [2.24, 2.45) is 0 Å². The van der Waals surface area contributed by atoms with Crippen LogP contribution in [0.3, 0.4) is 0 Å². The summed E-state index contributed by atoms with van der Waals surface area (Å²) in [6, 6.07) is 27.0. The van der Waals surface area contributed by atoms with Gasteiger partial charge in [0.05, 0.1) is 26.2 Å². The molecule has 0 aliphatic carbocycles. The van der Waals surface area contributed by atoms with Gasteiger partial charge in [0, 0.05) is 11.4 Å². The Morgan fingerprint density at radius 2 is 1.57 bits per heavy atom. The summed E-state index contributed by atoms with van der Waals surface area (Å²) in [5.41, 5.74) is 5.95. The quantitative estimate of drug-likeness (QED) is 0.668. The lowest BCUT2D eigenvalue weighted by Gasteiger charge is -2.34. The molecule has 1 amide bonds. The van der Waals surface area contributed by atoms with Crippen molar-refractivity contribution in [2.75, 3.05) is 42.9 Å². The summed E-state index contributed by atoms with van der Waals surface area (Å²) in [5.74, 6) is 0.0925. The van der Waals surface area contributed by atoms with Gasteiger partial charge in [-0.15, -0.1) is 0 Å². The van der Waals surface area contributed by atoms with Gasteiger partial charge in [-0.1, -0.05) is 66.7 Å².